The zero-order valence-electron chi connectivity index (χ0n) is 18.7. The van der Waals surface area contributed by atoms with Crippen LogP contribution < -0.4 is 5.32 Å². The van der Waals surface area contributed by atoms with Gasteiger partial charge in [-0.05, 0) is 44.0 Å². The second kappa shape index (κ2) is 9.01. The van der Waals surface area contributed by atoms with Crippen molar-refractivity contribution in [2.24, 2.45) is 0 Å². The number of benzene rings is 2. The third-order valence-electron chi connectivity index (χ3n) is 5.81. The maximum Gasteiger partial charge on any atom is 0.328 e. The molecule has 1 N–H and O–H groups in total. The van der Waals surface area contributed by atoms with Gasteiger partial charge >= 0.3 is 5.97 Å². The summed E-state index contributed by atoms with van der Waals surface area (Å²) in [6, 6.07) is 8.87. The van der Waals surface area contributed by atoms with Gasteiger partial charge in [0.05, 0.1) is 29.3 Å². The lowest BCUT2D eigenvalue weighted by Gasteiger charge is -2.23. The Morgan fingerprint density at radius 1 is 1.24 bits per heavy atom. The summed E-state index contributed by atoms with van der Waals surface area (Å²) in [5, 5.41) is 2.70. The Morgan fingerprint density at radius 2 is 2.00 bits per heavy atom. The fourth-order valence-corrected chi connectivity index (χ4v) is 4.41. The number of carbonyl (C=O) groups excluding carboxylic acids is 3. The highest BCUT2D eigenvalue weighted by molar-refractivity contribution is 6.09. The van der Waals surface area contributed by atoms with Gasteiger partial charge in [0.25, 0.3) is 5.91 Å². The molecule has 0 aliphatic carbocycles. The van der Waals surface area contributed by atoms with Crippen LogP contribution >= 0.6 is 0 Å². The van der Waals surface area contributed by atoms with Gasteiger partial charge in [-0.15, -0.1) is 0 Å². The van der Waals surface area contributed by atoms with E-state index in [1.165, 1.54) is 25.0 Å². The average Bonchev–Trinajstić information content (AvgIpc) is 3.42. The van der Waals surface area contributed by atoms with Gasteiger partial charge in [0.15, 0.2) is 0 Å². The molecule has 33 heavy (non-hydrogen) atoms. The lowest BCUT2D eigenvalue weighted by atomic mass is 10.1. The standard InChI is InChI=1S/C24H25FN4O4/c1-4-28-21-17(23(31)29-11-7-10-20(29)24(32)33-3)12-15(26-14(2)30)13-19(21)27-22(28)16-8-5-6-9-18(16)25/h5-6,8-9,12-13,20H,4,7,10-11H2,1-3H3,(H,26,30)/t20-/m0/s1. The molecule has 1 saturated heterocycles. The molecule has 4 rings (SSSR count). The van der Waals surface area contributed by atoms with Crippen molar-refractivity contribution >= 4 is 34.5 Å². The number of carbonyl (C=O) groups is 3. The normalized spacial score (nSPS) is 15.6. The molecule has 0 radical (unpaired) electrons. The summed E-state index contributed by atoms with van der Waals surface area (Å²) in [7, 11) is 1.30. The van der Waals surface area contributed by atoms with E-state index < -0.39 is 17.8 Å². The van der Waals surface area contributed by atoms with E-state index in [1.54, 1.807) is 34.9 Å². The minimum atomic E-state index is -0.675. The predicted molar refractivity (Wildman–Crippen MR) is 121 cm³/mol. The Kier molecular flexibility index (Phi) is 6.13. The number of halogens is 1. The summed E-state index contributed by atoms with van der Waals surface area (Å²) < 4.78 is 21.3. The SMILES string of the molecule is CCn1c(-c2ccccc2F)nc2cc(NC(C)=O)cc(C(=O)N3CCC[C@H]3C(=O)OC)c21. The van der Waals surface area contributed by atoms with Crippen molar-refractivity contribution in [2.45, 2.75) is 39.3 Å². The Bertz CT molecular complexity index is 1250. The number of ether oxygens (including phenoxy) is 1. The molecular weight excluding hydrogens is 427 g/mol. The molecule has 8 nitrogen and oxygen atoms in total. The maximum absolute atomic E-state index is 14.6. The molecule has 2 heterocycles. The molecule has 2 aromatic carbocycles. The minimum Gasteiger partial charge on any atom is -0.467 e. The van der Waals surface area contributed by atoms with Crippen LogP contribution in [0.3, 0.4) is 0 Å². The van der Waals surface area contributed by atoms with E-state index in [0.29, 0.717) is 54.0 Å². The number of imidazole rings is 1. The largest absolute Gasteiger partial charge is 0.467 e. The Hall–Kier alpha value is -3.75. The van der Waals surface area contributed by atoms with E-state index in [4.69, 9.17) is 4.74 Å². The Labute approximate surface area is 190 Å². The molecule has 1 aliphatic heterocycles. The molecule has 172 valence electrons. The lowest BCUT2D eigenvalue weighted by Crippen LogP contribution is -2.41. The number of aryl methyl sites for hydroxylation is 1. The number of hydrogen-bond acceptors (Lipinski definition) is 5. The fourth-order valence-electron chi connectivity index (χ4n) is 4.41. The van der Waals surface area contributed by atoms with E-state index in [1.807, 2.05) is 6.92 Å². The van der Waals surface area contributed by atoms with Crippen LogP contribution in [-0.4, -0.2) is 51.9 Å². The molecule has 1 aliphatic rings. The van der Waals surface area contributed by atoms with Crippen LogP contribution in [0, 0.1) is 5.82 Å². The maximum atomic E-state index is 14.6. The summed E-state index contributed by atoms with van der Waals surface area (Å²) in [4.78, 5) is 43.8. The van der Waals surface area contributed by atoms with Crippen molar-refractivity contribution in [2.75, 3.05) is 19.0 Å². The first-order valence-electron chi connectivity index (χ1n) is 10.8. The first kappa shape index (κ1) is 22.4. The van der Waals surface area contributed by atoms with Crippen molar-refractivity contribution in [3.05, 3.63) is 47.8 Å². The topological polar surface area (TPSA) is 93.5 Å². The Balaban J connectivity index is 1.94. The molecular formula is C24H25FN4O4. The quantitative estimate of drug-likeness (QED) is 0.597. The number of anilines is 1. The molecule has 0 spiro atoms. The number of aromatic nitrogens is 2. The highest BCUT2D eigenvalue weighted by Gasteiger charge is 2.36. The van der Waals surface area contributed by atoms with Gasteiger partial charge in [-0.2, -0.15) is 0 Å². The van der Waals surface area contributed by atoms with Crippen LogP contribution in [0.2, 0.25) is 0 Å². The molecule has 2 amide bonds. The van der Waals surface area contributed by atoms with Crippen LogP contribution in [-0.2, 0) is 20.9 Å². The number of amides is 2. The summed E-state index contributed by atoms with van der Waals surface area (Å²) >= 11 is 0. The van der Waals surface area contributed by atoms with Crippen molar-refractivity contribution in [1.29, 1.82) is 0 Å². The highest BCUT2D eigenvalue weighted by atomic mass is 19.1. The third-order valence-corrected chi connectivity index (χ3v) is 5.81. The number of nitrogens with zero attached hydrogens (tertiary/aromatic N) is 3. The molecule has 3 aromatic rings. The van der Waals surface area contributed by atoms with E-state index in [0.717, 1.165) is 0 Å². The molecule has 1 atom stereocenters. The van der Waals surface area contributed by atoms with E-state index >= 15 is 0 Å². The molecule has 1 fully saturated rings. The Morgan fingerprint density at radius 3 is 2.67 bits per heavy atom. The molecule has 0 bridgehead atoms. The van der Waals surface area contributed by atoms with Crippen LogP contribution in [0.15, 0.2) is 36.4 Å². The number of nitrogens with one attached hydrogen (secondary N) is 1. The fraction of sp³-hybridized carbons (Fsp3) is 0.333. The van der Waals surface area contributed by atoms with Gasteiger partial charge in [-0.3, -0.25) is 9.59 Å². The minimum absolute atomic E-state index is 0.281. The molecule has 9 heteroatoms. The molecule has 0 saturated carbocycles. The second-order valence-electron chi connectivity index (χ2n) is 7.91. The molecule has 1 aromatic heterocycles. The average molecular weight is 452 g/mol. The van der Waals surface area contributed by atoms with Crippen molar-refractivity contribution < 1.29 is 23.5 Å². The number of likely N-dealkylation sites (tertiary alicyclic amines) is 1. The highest BCUT2D eigenvalue weighted by Crippen LogP contribution is 2.33. The summed E-state index contributed by atoms with van der Waals surface area (Å²) in [6.45, 7) is 4.09. The van der Waals surface area contributed by atoms with E-state index in [2.05, 4.69) is 10.3 Å². The van der Waals surface area contributed by atoms with Crippen molar-refractivity contribution in [3.63, 3.8) is 0 Å². The van der Waals surface area contributed by atoms with Crippen molar-refractivity contribution in [3.8, 4) is 11.4 Å². The van der Waals surface area contributed by atoms with Gasteiger partial charge in [0.1, 0.15) is 17.7 Å². The van der Waals surface area contributed by atoms with Crippen LogP contribution in [0.5, 0.6) is 0 Å². The van der Waals surface area contributed by atoms with Gasteiger partial charge in [-0.25, -0.2) is 14.2 Å². The van der Waals surface area contributed by atoms with Crippen LogP contribution in [0.4, 0.5) is 10.1 Å². The summed E-state index contributed by atoms with van der Waals surface area (Å²) in [5.74, 6) is -1.18. The second-order valence-corrected chi connectivity index (χ2v) is 7.91. The summed E-state index contributed by atoms with van der Waals surface area (Å²) in [5.41, 5.74) is 1.95. The monoisotopic (exact) mass is 452 g/mol. The number of hydrogen-bond donors (Lipinski definition) is 1. The summed E-state index contributed by atoms with van der Waals surface area (Å²) in [6.07, 6.45) is 1.19. The van der Waals surface area contributed by atoms with Crippen LogP contribution in [0.25, 0.3) is 22.4 Å². The lowest BCUT2D eigenvalue weighted by molar-refractivity contribution is -0.145. The first-order valence-corrected chi connectivity index (χ1v) is 10.8. The van der Waals surface area contributed by atoms with E-state index in [-0.39, 0.29) is 17.4 Å². The zero-order chi connectivity index (χ0) is 23.7. The third kappa shape index (κ3) is 4.06. The van der Waals surface area contributed by atoms with Gasteiger partial charge in [0, 0.05) is 25.7 Å². The van der Waals surface area contributed by atoms with Gasteiger partial charge in [-0.1, -0.05) is 12.1 Å². The number of fused-ring (bicyclic) bond motifs is 1. The van der Waals surface area contributed by atoms with E-state index in [9.17, 15) is 18.8 Å². The van der Waals surface area contributed by atoms with Gasteiger partial charge < -0.3 is 19.5 Å². The number of esters is 1. The van der Waals surface area contributed by atoms with Crippen molar-refractivity contribution in [1.82, 2.24) is 14.5 Å². The predicted octanol–water partition coefficient (Wildman–Crippen LogP) is 3.60. The first-order chi connectivity index (χ1) is 15.8. The smallest absolute Gasteiger partial charge is 0.328 e. The molecule has 0 unspecified atom stereocenters. The van der Waals surface area contributed by atoms with Gasteiger partial charge in [0.2, 0.25) is 5.91 Å². The zero-order valence-corrected chi connectivity index (χ0v) is 18.7. The number of rotatable bonds is 5. The number of methoxy groups -OCH3 is 1. The van der Waals surface area contributed by atoms with Crippen LogP contribution in [0.1, 0.15) is 37.0 Å².